The van der Waals surface area contributed by atoms with Gasteiger partial charge in [0, 0.05) is 35.3 Å². The molecule has 21 heavy (non-hydrogen) atoms. The molecule has 0 saturated heterocycles. The second-order valence-corrected chi connectivity index (χ2v) is 6.76. The average Bonchev–Trinajstić information content (AvgIpc) is 3.23. The molecule has 0 N–H and O–H groups in total. The SMILES string of the molecule is CN(Cc1ccccc1Cl)C(=O)c1cc(Br)cn1C1CC1. The van der Waals surface area contributed by atoms with E-state index < -0.39 is 0 Å². The Morgan fingerprint density at radius 3 is 2.81 bits per heavy atom. The van der Waals surface area contributed by atoms with Crippen molar-refractivity contribution < 1.29 is 4.79 Å². The van der Waals surface area contributed by atoms with Gasteiger partial charge in [0.2, 0.25) is 0 Å². The summed E-state index contributed by atoms with van der Waals surface area (Å²) in [5.74, 6) is 0.0209. The summed E-state index contributed by atoms with van der Waals surface area (Å²) in [4.78, 5) is 14.4. The summed E-state index contributed by atoms with van der Waals surface area (Å²) in [7, 11) is 1.81. The van der Waals surface area contributed by atoms with Crippen molar-refractivity contribution >= 4 is 33.4 Å². The highest BCUT2D eigenvalue weighted by Gasteiger charge is 2.28. The standard InChI is InChI=1S/C16H16BrClN2O/c1-19(9-11-4-2-3-5-14(11)18)16(21)15-8-12(17)10-20(15)13-6-7-13/h2-5,8,10,13H,6-7,9H2,1H3. The van der Waals surface area contributed by atoms with Gasteiger partial charge < -0.3 is 9.47 Å². The Bertz CT molecular complexity index is 679. The van der Waals surface area contributed by atoms with Gasteiger partial charge in [-0.05, 0) is 46.5 Å². The van der Waals surface area contributed by atoms with Gasteiger partial charge in [0.05, 0.1) is 0 Å². The van der Waals surface area contributed by atoms with Crippen molar-refractivity contribution in [3.63, 3.8) is 0 Å². The lowest BCUT2D eigenvalue weighted by atomic mass is 10.2. The fraction of sp³-hybridized carbons (Fsp3) is 0.312. The number of benzene rings is 1. The van der Waals surface area contributed by atoms with Crippen LogP contribution in [0.3, 0.4) is 0 Å². The molecule has 0 bridgehead atoms. The summed E-state index contributed by atoms with van der Waals surface area (Å²) < 4.78 is 3.03. The van der Waals surface area contributed by atoms with E-state index in [4.69, 9.17) is 11.6 Å². The largest absolute Gasteiger partial charge is 0.339 e. The van der Waals surface area contributed by atoms with E-state index in [-0.39, 0.29) is 5.91 Å². The van der Waals surface area contributed by atoms with E-state index >= 15 is 0 Å². The zero-order valence-electron chi connectivity index (χ0n) is 11.7. The minimum atomic E-state index is 0.0209. The molecule has 1 aliphatic rings. The van der Waals surface area contributed by atoms with E-state index in [1.165, 1.54) is 0 Å². The quantitative estimate of drug-likeness (QED) is 0.780. The van der Waals surface area contributed by atoms with E-state index in [9.17, 15) is 4.79 Å². The Morgan fingerprint density at radius 2 is 2.14 bits per heavy atom. The van der Waals surface area contributed by atoms with Crippen LogP contribution in [0.1, 0.15) is 34.9 Å². The first-order valence-electron chi connectivity index (χ1n) is 6.92. The Balaban J connectivity index is 1.80. The molecule has 110 valence electrons. The molecular formula is C16H16BrClN2O. The molecule has 0 radical (unpaired) electrons. The van der Waals surface area contributed by atoms with E-state index in [0.717, 1.165) is 28.6 Å². The zero-order chi connectivity index (χ0) is 15.0. The van der Waals surface area contributed by atoms with Crippen molar-refractivity contribution in [2.24, 2.45) is 0 Å². The lowest BCUT2D eigenvalue weighted by Gasteiger charge is -2.19. The molecule has 1 aromatic heterocycles. The molecule has 5 heteroatoms. The minimum absolute atomic E-state index is 0.0209. The van der Waals surface area contributed by atoms with Crippen LogP contribution in [0.5, 0.6) is 0 Å². The van der Waals surface area contributed by atoms with Crippen molar-refractivity contribution in [2.75, 3.05) is 7.05 Å². The lowest BCUT2D eigenvalue weighted by Crippen LogP contribution is -2.28. The van der Waals surface area contributed by atoms with Gasteiger partial charge >= 0.3 is 0 Å². The Morgan fingerprint density at radius 1 is 1.43 bits per heavy atom. The minimum Gasteiger partial charge on any atom is -0.339 e. The lowest BCUT2D eigenvalue weighted by molar-refractivity contribution is 0.0774. The number of hydrogen-bond donors (Lipinski definition) is 0. The predicted octanol–water partition coefficient (Wildman–Crippen LogP) is 4.51. The fourth-order valence-electron chi connectivity index (χ4n) is 2.42. The number of carbonyl (C=O) groups excluding carboxylic acids is 1. The highest BCUT2D eigenvalue weighted by Crippen LogP contribution is 2.37. The predicted molar refractivity (Wildman–Crippen MR) is 87.7 cm³/mol. The van der Waals surface area contributed by atoms with Gasteiger partial charge in [-0.3, -0.25) is 4.79 Å². The molecule has 0 unspecified atom stereocenters. The molecule has 1 heterocycles. The number of rotatable bonds is 4. The summed E-state index contributed by atoms with van der Waals surface area (Å²) >= 11 is 9.63. The summed E-state index contributed by atoms with van der Waals surface area (Å²) in [6, 6.07) is 9.99. The van der Waals surface area contributed by atoms with E-state index in [2.05, 4.69) is 20.5 Å². The third-order valence-electron chi connectivity index (χ3n) is 3.69. The third-order valence-corrected chi connectivity index (χ3v) is 4.49. The van der Waals surface area contributed by atoms with Crippen LogP contribution in [0, 0.1) is 0 Å². The summed E-state index contributed by atoms with van der Waals surface area (Å²) in [5, 5.41) is 0.691. The van der Waals surface area contributed by atoms with Gasteiger partial charge in [0.25, 0.3) is 5.91 Å². The highest BCUT2D eigenvalue weighted by atomic mass is 79.9. The first-order chi connectivity index (χ1) is 10.1. The van der Waals surface area contributed by atoms with Crippen molar-refractivity contribution in [1.82, 2.24) is 9.47 Å². The smallest absolute Gasteiger partial charge is 0.270 e. The van der Waals surface area contributed by atoms with Crippen LogP contribution in [0.2, 0.25) is 5.02 Å². The molecule has 0 atom stereocenters. The van der Waals surface area contributed by atoms with Gasteiger partial charge in [-0.2, -0.15) is 0 Å². The van der Waals surface area contributed by atoms with Crippen molar-refractivity contribution in [2.45, 2.75) is 25.4 Å². The maximum absolute atomic E-state index is 12.7. The summed E-state index contributed by atoms with van der Waals surface area (Å²) in [6.45, 7) is 0.506. The number of hydrogen-bond acceptors (Lipinski definition) is 1. The number of halogens is 2. The molecule has 0 spiro atoms. The number of aromatic nitrogens is 1. The molecule has 1 saturated carbocycles. The van der Waals surface area contributed by atoms with Crippen molar-refractivity contribution in [3.8, 4) is 0 Å². The number of nitrogens with zero attached hydrogens (tertiary/aromatic N) is 2. The van der Waals surface area contributed by atoms with E-state index in [1.54, 1.807) is 4.90 Å². The molecule has 1 amide bonds. The van der Waals surface area contributed by atoms with Gasteiger partial charge in [-0.1, -0.05) is 29.8 Å². The first kappa shape index (κ1) is 14.7. The Hall–Kier alpha value is -1.26. The molecule has 1 aromatic carbocycles. The fourth-order valence-corrected chi connectivity index (χ4v) is 3.05. The number of carbonyl (C=O) groups is 1. The Labute approximate surface area is 137 Å². The molecule has 0 aliphatic heterocycles. The molecular weight excluding hydrogens is 352 g/mol. The van der Waals surface area contributed by atoms with Crippen LogP contribution in [-0.4, -0.2) is 22.4 Å². The topological polar surface area (TPSA) is 25.2 Å². The van der Waals surface area contributed by atoms with Crippen LogP contribution < -0.4 is 0 Å². The highest BCUT2D eigenvalue weighted by molar-refractivity contribution is 9.10. The summed E-state index contributed by atoms with van der Waals surface area (Å²) in [5.41, 5.74) is 1.69. The molecule has 1 fully saturated rings. The normalized spacial score (nSPS) is 14.2. The number of amides is 1. The van der Waals surface area contributed by atoms with Gasteiger partial charge in [-0.15, -0.1) is 0 Å². The summed E-state index contributed by atoms with van der Waals surface area (Å²) in [6.07, 6.45) is 4.29. The van der Waals surface area contributed by atoms with E-state index in [0.29, 0.717) is 17.6 Å². The van der Waals surface area contributed by atoms with Crippen LogP contribution >= 0.6 is 27.5 Å². The van der Waals surface area contributed by atoms with E-state index in [1.807, 2.05) is 43.6 Å². The molecule has 2 aromatic rings. The molecule has 1 aliphatic carbocycles. The maximum Gasteiger partial charge on any atom is 0.270 e. The third kappa shape index (κ3) is 3.16. The average molecular weight is 368 g/mol. The first-order valence-corrected chi connectivity index (χ1v) is 8.09. The van der Waals surface area contributed by atoms with Gasteiger partial charge in [-0.25, -0.2) is 0 Å². The van der Waals surface area contributed by atoms with Gasteiger partial charge in [0.1, 0.15) is 5.69 Å². The van der Waals surface area contributed by atoms with Crippen LogP contribution in [0.4, 0.5) is 0 Å². The second-order valence-electron chi connectivity index (χ2n) is 5.43. The maximum atomic E-state index is 12.7. The van der Waals surface area contributed by atoms with Crippen LogP contribution in [-0.2, 0) is 6.54 Å². The van der Waals surface area contributed by atoms with Crippen molar-refractivity contribution in [3.05, 3.63) is 57.3 Å². The van der Waals surface area contributed by atoms with Gasteiger partial charge in [0.15, 0.2) is 0 Å². The van der Waals surface area contributed by atoms with Crippen LogP contribution in [0.15, 0.2) is 41.0 Å². The van der Waals surface area contributed by atoms with Crippen molar-refractivity contribution in [1.29, 1.82) is 0 Å². The monoisotopic (exact) mass is 366 g/mol. The molecule has 3 nitrogen and oxygen atoms in total. The van der Waals surface area contributed by atoms with Crippen LogP contribution in [0.25, 0.3) is 0 Å². The zero-order valence-corrected chi connectivity index (χ0v) is 14.1. The second kappa shape index (κ2) is 5.85. The Kier molecular flexibility index (Phi) is 4.09. The molecule has 3 rings (SSSR count).